The smallest absolute Gasteiger partial charge is 0.258 e. The average Bonchev–Trinajstić information content (AvgIpc) is 2.51. The first kappa shape index (κ1) is 12.7. The highest BCUT2D eigenvalue weighted by atomic mass is 16.7. The van der Waals surface area contributed by atoms with E-state index in [4.69, 9.17) is 9.57 Å². The van der Waals surface area contributed by atoms with E-state index in [1.807, 2.05) is 48.5 Å². The van der Waals surface area contributed by atoms with Crippen LogP contribution in [0.3, 0.4) is 0 Å². The van der Waals surface area contributed by atoms with Crippen LogP contribution < -0.4 is 4.74 Å². The number of nitrogens with zero attached hydrogens (tertiary/aromatic N) is 1. The van der Waals surface area contributed by atoms with Crippen molar-refractivity contribution < 1.29 is 14.4 Å². The maximum absolute atomic E-state index is 12.6. The molecule has 1 heterocycles. The quantitative estimate of drug-likeness (QED) is 0.787. The molecule has 102 valence electrons. The Bertz CT molecular complexity index is 608. The number of fused-ring (bicyclic) bond motifs is 2. The SMILES string of the molecule is CON(C)C(=O)C1c2ccccc2Oc2ccccc21. The molecule has 4 nitrogen and oxygen atoms in total. The van der Waals surface area contributed by atoms with Crippen molar-refractivity contribution >= 4 is 5.91 Å². The van der Waals surface area contributed by atoms with Gasteiger partial charge in [0.15, 0.2) is 0 Å². The maximum atomic E-state index is 12.6. The Kier molecular flexibility index (Phi) is 3.16. The van der Waals surface area contributed by atoms with Crippen LogP contribution in [0, 0.1) is 0 Å². The molecule has 1 aliphatic heterocycles. The van der Waals surface area contributed by atoms with E-state index < -0.39 is 5.92 Å². The van der Waals surface area contributed by atoms with Gasteiger partial charge in [0.25, 0.3) is 5.91 Å². The van der Waals surface area contributed by atoms with E-state index in [-0.39, 0.29) is 5.91 Å². The summed E-state index contributed by atoms with van der Waals surface area (Å²) in [7, 11) is 3.10. The van der Waals surface area contributed by atoms with Crippen LogP contribution in [0.25, 0.3) is 0 Å². The maximum Gasteiger partial charge on any atom is 0.258 e. The van der Waals surface area contributed by atoms with Gasteiger partial charge in [-0.3, -0.25) is 9.63 Å². The minimum Gasteiger partial charge on any atom is -0.457 e. The third kappa shape index (κ3) is 1.94. The van der Waals surface area contributed by atoms with Crippen LogP contribution in [-0.2, 0) is 9.63 Å². The predicted molar refractivity (Wildman–Crippen MR) is 74.6 cm³/mol. The summed E-state index contributed by atoms with van der Waals surface area (Å²) in [6.45, 7) is 0. The van der Waals surface area contributed by atoms with Gasteiger partial charge in [-0.2, -0.15) is 0 Å². The van der Waals surface area contributed by atoms with E-state index in [1.54, 1.807) is 7.05 Å². The van der Waals surface area contributed by atoms with Gasteiger partial charge in [-0.1, -0.05) is 36.4 Å². The van der Waals surface area contributed by atoms with E-state index in [0.29, 0.717) is 11.5 Å². The summed E-state index contributed by atoms with van der Waals surface area (Å²) >= 11 is 0. The molecular formula is C16H15NO3. The lowest BCUT2D eigenvalue weighted by molar-refractivity contribution is -0.169. The first-order chi connectivity index (χ1) is 9.72. The molecule has 2 aromatic carbocycles. The zero-order valence-electron chi connectivity index (χ0n) is 11.4. The summed E-state index contributed by atoms with van der Waals surface area (Å²) in [6, 6.07) is 15.2. The molecule has 0 aromatic heterocycles. The molecule has 0 fully saturated rings. The summed E-state index contributed by atoms with van der Waals surface area (Å²) in [5.41, 5.74) is 1.72. The molecule has 0 N–H and O–H groups in total. The van der Waals surface area contributed by atoms with Crippen molar-refractivity contribution in [1.29, 1.82) is 0 Å². The molecule has 0 radical (unpaired) electrons. The van der Waals surface area contributed by atoms with Crippen molar-refractivity contribution in [3.63, 3.8) is 0 Å². The van der Waals surface area contributed by atoms with Gasteiger partial charge in [0, 0.05) is 18.2 Å². The first-order valence-electron chi connectivity index (χ1n) is 6.39. The summed E-state index contributed by atoms with van der Waals surface area (Å²) in [6.07, 6.45) is 0. The normalized spacial score (nSPS) is 13.1. The molecule has 1 amide bonds. The number of amides is 1. The number of ether oxygens (including phenoxy) is 1. The lowest BCUT2D eigenvalue weighted by Crippen LogP contribution is -2.32. The van der Waals surface area contributed by atoms with E-state index in [1.165, 1.54) is 12.2 Å². The van der Waals surface area contributed by atoms with Crippen LogP contribution >= 0.6 is 0 Å². The summed E-state index contributed by atoms with van der Waals surface area (Å²) in [5.74, 6) is 0.917. The predicted octanol–water partition coefficient (Wildman–Crippen LogP) is 2.94. The Morgan fingerprint density at radius 2 is 1.55 bits per heavy atom. The Hall–Kier alpha value is -2.33. The zero-order valence-corrected chi connectivity index (χ0v) is 11.4. The molecule has 0 saturated heterocycles. The molecule has 0 aliphatic carbocycles. The standard InChI is InChI=1S/C16H15NO3/c1-17(19-2)16(18)15-11-7-3-5-9-13(11)20-14-10-6-4-8-12(14)15/h3-10,15H,1-2H3. The number of hydrogen-bond acceptors (Lipinski definition) is 3. The minimum absolute atomic E-state index is 0.115. The lowest BCUT2D eigenvalue weighted by atomic mass is 9.87. The second-order valence-electron chi connectivity index (χ2n) is 4.63. The molecule has 1 aliphatic rings. The second kappa shape index (κ2) is 4.98. The van der Waals surface area contributed by atoms with Gasteiger partial charge in [-0.25, -0.2) is 5.06 Å². The molecule has 0 atom stereocenters. The molecule has 0 unspecified atom stereocenters. The molecular weight excluding hydrogens is 254 g/mol. The Labute approximate surface area is 117 Å². The number of benzene rings is 2. The van der Waals surface area contributed by atoms with E-state index in [2.05, 4.69) is 0 Å². The van der Waals surface area contributed by atoms with Gasteiger partial charge in [-0.15, -0.1) is 0 Å². The number of hydrogen-bond donors (Lipinski definition) is 0. The van der Waals surface area contributed by atoms with Crippen molar-refractivity contribution in [1.82, 2.24) is 5.06 Å². The van der Waals surface area contributed by atoms with Crippen molar-refractivity contribution in [2.75, 3.05) is 14.2 Å². The van der Waals surface area contributed by atoms with Crippen LogP contribution in [0.1, 0.15) is 17.0 Å². The topological polar surface area (TPSA) is 38.8 Å². The van der Waals surface area contributed by atoms with Gasteiger partial charge in [0.05, 0.1) is 13.0 Å². The van der Waals surface area contributed by atoms with Gasteiger partial charge in [0.1, 0.15) is 11.5 Å². The van der Waals surface area contributed by atoms with Crippen LogP contribution in [0.4, 0.5) is 0 Å². The largest absolute Gasteiger partial charge is 0.457 e. The van der Waals surface area contributed by atoms with Crippen LogP contribution in [0.5, 0.6) is 11.5 Å². The van der Waals surface area contributed by atoms with Gasteiger partial charge in [-0.05, 0) is 12.1 Å². The second-order valence-corrected chi connectivity index (χ2v) is 4.63. The van der Waals surface area contributed by atoms with E-state index in [9.17, 15) is 4.79 Å². The Morgan fingerprint density at radius 1 is 1.05 bits per heavy atom. The molecule has 0 saturated carbocycles. The average molecular weight is 269 g/mol. The van der Waals surface area contributed by atoms with Crippen molar-refractivity contribution in [2.24, 2.45) is 0 Å². The zero-order chi connectivity index (χ0) is 14.1. The van der Waals surface area contributed by atoms with Crippen LogP contribution in [0.15, 0.2) is 48.5 Å². The lowest BCUT2D eigenvalue weighted by Gasteiger charge is -2.29. The fraction of sp³-hybridized carbons (Fsp3) is 0.188. The molecule has 20 heavy (non-hydrogen) atoms. The monoisotopic (exact) mass is 269 g/mol. The molecule has 0 bridgehead atoms. The third-order valence-electron chi connectivity index (χ3n) is 3.51. The van der Waals surface area contributed by atoms with Crippen molar-refractivity contribution in [3.05, 3.63) is 59.7 Å². The number of carbonyl (C=O) groups excluding carboxylic acids is 1. The highest BCUT2D eigenvalue weighted by Crippen LogP contribution is 2.44. The highest BCUT2D eigenvalue weighted by Gasteiger charge is 2.34. The Morgan fingerprint density at radius 3 is 2.05 bits per heavy atom. The fourth-order valence-electron chi connectivity index (χ4n) is 2.45. The number of para-hydroxylation sites is 2. The number of hydroxylamine groups is 2. The molecule has 4 heteroatoms. The third-order valence-corrected chi connectivity index (χ3v) is 3.51. The van der Waals surface area contributed by atoms with Crippen LogP contribution in [-0.4, -0.2) is 25.1 Å². The fourth-order valence-corrected chi connectivity index (χ4v) is 2.45. The van der Waals surface area contributed by atoms with Crippen LogP contribution in [0.2, 0.25) is 0 Å². The first-order valence-corrected chi connectivity index (χ1v) is 6.39. The Balaban J connectivity index is 2.15. The summed E-state index contributed by atoms with van der Waals surface area (Å²) < 4.78 is 5.86. The molecule has 2 aromatic rings. The summed E-state index contributed by atoms with van der Waals surface area (Å²) in [4.78, 5) is 17.6. The van der Waals surface area contributed by atoms with Gasteiger partial charge in [0.2, 0.25) is 0 Å². The number of likely N-dealkylation sites (N-methyl/N-ethyl adjacent to an activating group) is 1. The van der Waals surface area contributed by atoms with Gasteiger partial charge < -0.3 is 4.74 Å². The van der Waals surface area contributed by atoms with Gasteiger partial charge >= 0.3 is 0 Å². The number of carbonyl (C=O) groups is 1. The van der Waals surface area contributed by atoms with Crippen molar-refractivity contribution in [3.8, 4) is 11.5 Å². The van der Waals surface area contributed by atoms with Crippen molar-refractivity contribution in [2.45, 2.75) is 5.92 Å². The molecule has 3 rings (SSSR count). The molecule has 0 spiro atoms. The number of rotatable bonds is 2. The highest BCUT2D eigenvalue weighted by molar-refractivity contribution is 5.88. The minimum atomic E-state index is -0.402. The summed E-state index contributed by atoms with van der Waals surface area (Å²) in [5, 5.41) is 1.25. The van der Waals surface area contributed by atoms with E-state index in [0.717, 1.165) is 11.1 Å². The van der Waals surface area contributed by atoms with E-state index >= 15 is 0 Å².